The second kappa shape index (κ2) is 11.7. The Morgan fingerprint density at radius 3 is 2.85 bits per heavy atom. The Morgan fingerprint density at radius 2 is 2.03 bits per heavy atom. The van der Waals surface area contributed by atoms with Gasteiger partial charge in [-0.3, -0.25) is 14.7 Å². The van der Waals surface area contributed by atoms with Gasteiger partial charge in [0.15, 0.2) is 0 Å². The van der Waals surface area contributed by atoms with E-state index < -0.39 is 0 Å². The number of halogens is 1. The van der Waals surface area contributed by atoms with Gasteiger partial charge in [0, 0.05) is 35.9 Å². The average Bonchev–Trinajstić information content (AvgIpc) is 3.61. The van der Waals surface area contributed by atoms with Crippen LogP contribution >= 0.6 is 22.9 Å². The van der Waals surface area contributed by atoms with Gasteiger partial charge >= 0.3 is 0 Å². The molecular formula is C29H29ClN6O2S. The van der Waals surface area contributed by atoms with E-state index >= 15 is 0 Å². The van der Waals surface area contributed by atoms with Crippen LogP contribution in [0.5, 0.6) is 5.75 Å². The second-order valence-electron chi connectivity index (χ2n) is 9.71. The van der Waals surface area contributed by atoms with Gasteiger partial charge in [0.25, 0.3) is 0 Å². The molecule has 4 aromatic rings. The molecule has 200 valence electrons. The van der Waals surface area contributed by atoms with Crippen LogP contribution in [-0.2, 0) is 24.4 Å². The van der Waals surface area contributed by atoms with E-state index in [1.165, 1.54) is 18.4 Å². The third kappa shape index (κ3) is 5.90. The largest absolute Gasteiger partial charge is 0.486 e. The number of carbonyl (C=O) groups excluding carboxylic acids is 1. The van der Waals surface area contributed by atoms with Gasteiger partial charge in [0.1, 0.15) is 29.3 Å². The second-order valence-corrected chi connectivity index (χ2v) is 11.2. The summed E-state index contributed by atoms with van der Waals surface area (Å²) in [7, 11) is 0. The van der Waals surface area contributed by atoms with Crippen LogP contribution in [0.1, 0.15) is 29.0 Å². The molecule has 0 bridgehead atoms. The molecule has 1 fully saturated rings. The Morgan fingerprint density at radius 1 is 1.13 bits per heavy atom. The maximum atomic E-state index is 12.9. The number of hydrogen-bond donors (Lipinski definition) is 1. The predicted octanol–water partition coefficient (Wildman–Crippen LogP) is 5.60. The van der Waals surface area contributed by atoms with E-state index in [0.717, 1.165) is 58.3 Å². The average molecular weight is 561 g/mol. The summed E-state index contributed by atoms with van der Waals surface area (Å²) in [4.78, 5) is 32.6. The first-order valence-electron chi connectivity index (χ1n) is 13.2. The molecule has 0 spiro atoms. The first-order valence-corrected chi connectivity index (χ1v) is 14.4. The summed E-state index contributed by atoms with van der Waals surface area (Å²) in [6, 6.07) is 11.3. The van der Waals surface area contributed by atoms with Crippen LogP contribution in [0, 0.1) is 0 Å². The van der Waals surface area contributed by atoms with Crippen LogP contribution in [0.15, 0.2) is 61.1 Å². The highest BCUT2D eigenvalue weighted by Gasteiger charge is 2.25. The number of hydrogen-bond acceptors (Lipinski definition) is 8. The van der Waals surface area contributed by atoms with E-state index in [-0.39, 0.29) is 5.91 Å². The fourth-order valence-electron chi connectivity index (χ4n) is 5.05. The van der Waals surface area contributed by atoms with Crippen LogP contribution in [0.3, 0.4) is 0 Å². The fourth-order valence-corrected chi connectivity index (χ4v) is 6.49. The summed E-state index contributed by atoms with van der Waals surface area (Å²) >= 11 is 8.16. The Balaban J connectivity index is 1.14. The standard InChI is InChI=1S/C29H29ClN6O2S/c30-23-16-20(8-9-24(23)38-18-21-6-1-2-11-31-21)34-28-27-22-10-15-36(17-25(22)39-29(27)33-19-32-28)26(37)7-5-14-35-12-3-4-13-35/h1-2,5-9,11,16,19H,3-4,10,12-15,17-18H2,(H,32,33,34)/b7-5+. The number of nitrogens with one attached hydrogen (secondary N) is 1. The van der Waals surface area contributed by atoms with Crippen molar-refractivity contribution < 1.29 is 9.53 Å². The molecular weight excluding hydrogens is 532 g/mol. The van der Waals surface area contributed by atoms with E-state index in [1.807, 2.05) is 47.4 Å². The molecule has 0 atom stereocenters. The van der Waals surface area contributed by atoms with Crippen LogP contribution in [0.4, 0.5) is 11.5 Å². The third-order valence-electron chi connectivity index (χ3n) is 7.07. The van der Waals surface area contributed by atoms with Crippen molar-refractivity contribution in [2.24, 2.45) is 0 Å². The Hall–Kier alpha value is -3.53. The lowest BCUT2D eigenvalue weighted by atomic mass is 10.0. The number of carbonyl (C=O) groups is 1. The molecule has 6 rings (SSSR count). The van der Waals surface area contributed by atoms with Crippen molar-refractivity contribution in [3.05, 3.63) is 82.2 Å². The maximum Gasteiger partial charge on any atom is 0.246 e. The number of rotatable bonds is 8. The van der Waals surface area contributed by atoms with Gasteiger partial charge < -0.3 is 15.0 Å². The van der Waals surface area contributed by atoms with E-state index in [2.05, 4.69) is 25.2 Å². The Bertz CT molecular complexity index is 1500. The molecule has 1 N–H and O–H groups in total. The lowest BCUT2D eigenvalue weighted by molar-refractivity contribution is -0.126. The van der Waals surface area contributed by atoms with E-state index in [0.29, 0.717) is 30.5 Å². The number of ether oxygens (including phenoxy) is 1. The van der Waals surface area contributed by atoms with Gasteiger partial charge in [-0.25, -0.2) is 9.97 Å². The molecule has 0 unspecified atom stereocenters. The van der Waals surface area contributed by atoms with E-state index in [9.17, 15) is 4.79 Å². The van der Waals surface area contributed by atoms with Gasteiger partial charge in [-0.2, -0.15) is 0 Å². The molecule has 39 heavy (non-hydrogen) atoms. The quantitative estimate of drug-likeness (QED) is 0.281. The Labute approximate surface area is 236 Å². The van der Waals surface area contributed by atoms with Gasteiger partial charge in [-0.15, -0.1) is 11.3 Å². The number of pyridine rings is 1. The smallest absolute Gasteiger partial charge is 0.246 e. The highest BCUT2D eigenvalue weighted by atomic mass is 35.5. The highest BCUT2D eigenvalue weighted by Crippen LogP contribution is 2.38. The minimum atomic E-state index is 0.0710. The Kier molecular flexibility index (Phi) is 7.71. The van der Waals surface area contributed by atoms with Crippen molar-refractivity contribution >= 4 is 50.6 Å². The number of fused-ring (bicyclic) bond motifs is 3. The minimum Gasteiger partial charge on any atom is -0.486 e. The molecule has 1 aromatic carbocycles. The van der Waals surface area contributed by atoms with Crippen molar-refractivity contribution in [2.45, 2.75) is 32.4 Å². The first kappa shape index (κ1) is 25.7. The van der Waals surface area contributed by atoms with Crippen molar-refractivity contribution in [3.8, 4) is 5.75 Å². The summed E-state index contributed by atoms with van der Waals surface area (Å²) in [5.74, 6) is 1.40. The first-order chi connectivity index (χ1) is 19.1. The normalized spacial score (nSPS) is 15.7. The monoisotopic (exact) mass is 560 g/mol. The van der Waals surface area contributed by atoms with Gasteiger partial charge in [-0.05, 0) is 68.2 Å². The summed E-state index contributed by atoms with van der Waals surface area (Å²) in [6.07, 6.45) is 10.3. The predicted molar refractivity (Wildman–Crippen MR) is 155 cm³/mol. The molecule has 0 aliphatic carbocycles. The number of nitrogens with zero attached hydrogens (tertiary/aromatic N) is 5. The van der Waals surface area contributed by atoms with Crippen molar-refractivity contribution in [3.63, 3.8) is 0 Å². The van der Waals surface area contributed by atoms with Crippen LogP contribution in [0.2, 0.25) is 5.02 Å². The topological polar surface area (TPSA) is 83.5 Å². The van der Waals surface area contributed by atoms with Gasteiger partial charge in [-0.1, -0.05) is 23.7 Å². The van der Waals surface area contributed by atoms with Crippen molar-refractivity contribution in [1.29, 1.82) is 0 Å². The van der Waals surface area contributed by atoms with Crippen LogP contribution in [0.25, 0.3) is 10.2 Å². The molecule has 3 aromatic heterocycles. The molecule has 2 aliphatic rings. The lowest BCUT2D eigenvalue weighted by Gasteiger charge is -2.26. The number of thiophene rings is 1. The zero-order chi connectivity index (χ0) is 26.6. The zero-order valence-corrected chi connectivity index (χ0v) is 23.0. The number of benzene rings is 1. The molecule has 5 heterocycles. The fraction of sp³-hybridized carbons (Fsp3) is 0.310. The van der Waals surface area contributed by atoms with E-state index in [1.54, 1.807) is 29.9 Å². The third-order valence-corrected chi connectivity index (χ3v) is 8.49. The molecule has 10 heteroatoms. The maximum absolute atomic E-state index is 12.9. The SMILES string of the molecule is O=C(/C=C/CN1CCCC1)N1CCc2c(sc3ncnc(Nc4ccc(OCc5ccccn5)c(Cl)c4)c23)C1. The molecule has 1 saturated heterocycles. The zero-order valence-electron chi connectivity index (χ0n) is 21.5. The van der Waals surface area contributed by atoms with Gasteiger partial charge in [0.05, 0.1) is 22.6 Å². The number of anilines is 2. The van der Waals surface area contributed by atoms with Gasteiger partial charge in [0.2, 0.25) is 5.91 Å². The lowest BCUT2D eigenvalue weighted by Crippen LogP contribution is -2.34. The number of aromatic nitrogens is 3. The molecule has 0 saturated carbocycles. The molecule has 2 aliphatic heterocycles. The molecule has 8 nitrogen and oxygen atoms in total. The molecule has 0 radical (unpaired) electrons. The summed E-state index contributed by atoms with van der Waals surface area (Å²) in [5, 5.41) is 4.94. The number of likely N-dealkylation sites (tertiary alicyclic amines) is 1. The highest BCUT2D eigenvalue weighted by molar-refractivity contribution is 7.19. The van der Waals surface area contributed by atoms with E-state index in [4.69, 9.17) is 16.3 Å². The van der Waals surface area contributed by atoms with Crippen LogP contribution < -0.4 is 10.1 Å². The van der Waals surface area contributed by atoms with Crippen molar-refractivity contribution in [1.82, 2.24) is 24.8 Å². The molecule has 1 amide bonds. The van der Waals surface area contributed by atoms with Crippen LogP contribution in [-0.4, -0.2) is 56.8 Å². The minimum absolute atomic E-state index is 0.0710. The van der Waals surface area contributed by atoms with Crippen molar-refractivity contribution in [2.75, 3.05) is 31.5 Å². The number of amides is 1. The summed E-state index contributed by atoms with van der Waals surface area (Å²) in [6.45, 7) is 4.71. The summed E-state index contributed by atoms with van der Waals surface area (Å²) in [5.41, 5.74) is 2.85. The summed E-state index contributed by atoms with van der Waals surface area (Å²) < 4.78 is 5.85.